The van der Waals surface area contributed by atoms with Crippen LogP contribution in [0.2, 0.25) is 0 Å². The molecule has 2 aromatic carbocycles. The highest BCUT2D eigenvalue weighted by Gasteiger charge is 2.14. The van der Waals surface area contributed by atoms with Gasteiger partial charge in [-0.1, -0.05) is 6.07 Å². The van der Waals surface area contributed by atoms with Gasteiger partial charge in [0.05, 0.1) is 17.4 Å². The van der Waals surface area contributed by atoms with E-state index in [1.54, 1.807) is 4.68 Å². The summed E-state index contributed by atoms with van der Waals surface area (Å²) in [5, 5.41) is 6.22. The van der Waals surface area contributed by atoms with Crippen molar-refractivity contribution in [2.75, 3.05) is 5.73 Å². The topological polar surface area (TPSA) is 74.5 Å². The van der Waals surface area contributed by atoms with Crippen LogP contribution in [0.25, 0.3) is 33.1 Å². The minimum atomic E-state index is -0.602. The Labute approximate surface area is 164 Å². The van der Waals surface area contributed by atoms with Gasteiger partial charge >= 0.3 is 0 Å². The first-order valence-electron chi connectivity index (χ1n) is 8.96. The number of halogens is 2. The Morgan fingerprint density at radius 2 is 1.79 bits per heavy atom. The highest BCUT2D eigenvalue weighted by Crippen LogP contribution is 2.33. The third-order valence-corrected chi connectivity index (χ3v) is 4.91. The lowest BCUT2D eigenvalue weighted by Gasteiger charge is -2.02. The second-order valence-electron chi connectivity index (χ2n) is 6.99. The number of nitrogens with zero attached hydrogens (tertiary/aromatic N) is 5. The van der Waals surface area contributed by atoms with E-state index in [9.17, 15) is 8.78 Å². The summed E-state index contributed by atoms with van der Waals surface area (Å²) in [5.41, 5.74) is 10.0. The lowest BCUT2D eigenvalue weighted by molar-refractivity contribution is 0.575. The van der Waals surface area contributed by atoms with Gasteiger partial charge in [0.2, 0.25) is 0 Å². The van der Waals surface area contributed by atoms with E-state index < -0.39 is 11.6 Å². The van der Waals surface area contributed by atoms with E-state index in [0.717, 1.165) is 39.1 Å². The smallest absolute Gasteiger partial charge is 0.145 e. The Kier molecular flexibility index (Phi) is 3.80. The van der Waals surface area contributed by atoms with Gasteiger partial charge in [0.25, 0.3) is 0 Å². The van der Waals surface area contributed by atoms with Crippen molar-refractivity contribution in [3.05, 3.63) is 72.3 Å². The van der Waals surface area contributed by atoms with Crippen molar-refractivity contribution < 1.29 is 8.78 Å². The SMILES string of the molecule is Cn1cc(-c2ccc3nn(Cc4cc(F)cc(F)c4)cc3c2)c2c(N)ncnc21. The number of rotatable bonds is 3. The number of hydrogen-bond donors (Lipinski definition) is 1. The molecular weight excluding hydrogens is 374 g/mol. The van der Waals surface area contributed by atoms with E-state index in [1.807, 2.05) is 42.2 Å². The van der Waals surface area contributed by atoms with Crippen LogP contribution in [0.15, 0.2) is 55.1 Å². The molecule has 3 heterocycles. The summed E-state index contributed by atoms with van der Waals surface area (Å²) in [6.45, 7) is 0.272. The molecule has 0 aliphatic rings. The molecule has 6 nitrogen and oxygen atoms in total. The molecule has 0 aliphatic heterocycles. The van der Waals surface area contributed by atoms with Crippen molar-refractivity contribution in [2.45, 2.75) is 6.54 Å². The molecule has 0 radical (unpaired) electrons. The maximum Gasteiger partial charge on any atom is 0.145 e. The van der Waals surface area contributed by atoms with Crippen LogP contribution in [0, 0.1) is 11.6 Å². The maximum absolute atomic E-state index is 13.4. The van der Waals surface area contributed by atoms with Crippen LogP contribution in [0.4, 0.5) is 14.6 Å². The summed E-state index contributed by atoms with van der Waals surface area (Å²) in [4.78, 5) is 8.42. The first kappa shape index (κ1) is 17.3. The molecule has 8 heteroatoms. The van der Waals surface area contributed by atoms with Crippen LogP contribution >= 0.6 is 0 Å². The van der Waals surface area contributed by atoms with Gasteiger partial charge in [-0.2, -0.15) is 5.10 Å². The molecule has 0 saturated carbocycles. The second-order valence-corrected chi connectivity index (χ2v) is 6.99. The van der Waals surface area contributed by atoms with Gasteiger partial charge in [-0.25, -0.2) is 18.7 Å². The Morgan fingerprint density at radius 3 is 2.59 bits per heavy atom. The molecule has 5 rings (SSSR count). The van der Waals surface area contributed by atoms with Crippen molar-refractivity contribution in [1.29, 1.82) is 0 Å². The number of aryl methyl sites for hydroxylation is 1. The molecule has 0 unspecified atom stereocenters. The first-order valence-corrected chi connectivity index (χ1v) is 8.96. The molecule has 0 bridgehead atoms. The van der Waals surface area contributed by atoms with Crippen molar-refractivity contribution in [2.24, 2.45) is 7.05 Å². The zero-order valence-corrected chi connectivity index (χ0v) is 15.5. The lowest BCUT2D eigenvalue weighted by atomic mass is 10.0. The molecule has 0 aliphatic carbocycles. The fourth-order valence-corrected chi connectivity index (χ4v) is 3.67. The molecule has 3 aromatic heterocycles. The van der Waals surface area contributed by atoms with Crippen molar-refractivity contribution in [1.82, 2.24) is 24.3 Å². The molecule has 0 spiro atoms. The fraction of sp³-hybridized carbons (Fsp3) is 0.0952. The van der Waals surface area contributed by atoms with Crippen LogP contribution in [-0.4, -0.2) is 24.3 Å². The third-order valence-electron chi connectivity index (χ3n) is 4.91. The van der Waals surface area contributed by atoms with E-state index in [2.05, 4.69) is 15.1 Å². The van der Waals surface area contributed by atoms with Crippen LogP contribution in [0.5, 0.6) is 0 Å². The quantitative estimate of drug-likeness (QED) is 0.507. The average molecular weight is 390 g/mol. The van der Waals surface area contributed by atoms with Gasteiger partial charge < -0.3 is 10.3 Å². The van der Waals surface area contributed by atoms with E-state index in [0.29, 0.717) is 11.4 Å². The zero-order chi connectivity index (χ0) is 20.1. The summed E-state index contributed by atoms with van der Waals surface area (Å²) < 4.78 is 30.5. The highest BCUT2D eigenvalue weighted by atomic mass is 19.1. The number of anilines is 1. The number of nitrogens with two attached hydrogens (primary N) is 1. The Hall–Kier alpha value is -3.81. The van der Waals surface area contributed by atoms with Crippen molar-refractivity contribution in [3.63, 3.8) is 0 Å². The Morgan fingerprint density at radius 1 is 1.00 bits per heavy atom. The molecule has 0 atom stereocenters. The minimum absolute atomic E-state index is 0.272. The van der Waals surface area contributed by atoms with E-state index >= 15 is 0 Å². The van der Waals surface area contributed by atoms with Gasteiger partial charge in [-0.05, 0) is 35.4 Å². The molecule has 144 valence electrons. The standard InChI is InChI=1S/C21H16F2N6/c1-28-10-17(19-20(24)25-11-26-21(19)28)13-2-3-18-14(6-13)9-29(27-18)8-12-4-15(22)7-16(23)5-12/h2-7,9-11H,8H2,1H3,(H2,24,25,26). The largest absolute Gasteiger partial charge is 0.383 e. The fourth-order valence-electron chi connectivity index (χ4n) is 3.67. The van der Waals surface area contributed by atoms with Crippen LogP contribution in [0.3, 0.4) is 0 Å². The molecule has 0 fully saturated rings. The van der Waals surface area contributed by atoms with E-state index in [-0.39, 0.29) is 6.54 Å². The second kappa shape index (κ2) is 6.37. The highest BCUT2D eigenvalue weighted by molar-refractivity contribution is 6.01. The molecule has 29 heavy (non-hydrogen) atoms. The predicted octanol–water partition coefficient (Wildman–Crippen LogP) is 3.89. The zero-order valence-electron chi connectivity index (χ0n) is 15.5. The van der Waals surface area contributed by atoms with Crippen LogP contribution < -0.4 is 5.73 Å². The van der Waals surface area contributed by atoms with Crippen molar-refractivity contribution in [3.8, 4) is 11.1 Å². The number of hydrogen-bond acceptors (Lipinski definition) is 4. The van der Waals surface area contributed by atoms with Crippen LogP contribution in [0.1, 0.15) is 5.56 Å². The Balaban J connectivity index is 1.57. The van der Waals surface area contributed by atoms with Gasteiger partial charge in [-0.15, -0.1) is 0 Å². The summed E-state index contributed by atoms with van der Waals surface area (Å²) in [5.74, 6) is -0.779. The monoisotopic (exact) mass is 390 g/mol. The number of fused-ring (bicyclic) bond motifs is 2. The predicted molar refractivity (Wildman–Crippen MR) is 107 cm³/mol. The molecule has 5 aromatic rings. The van der Waals surface area contributed by atoms with E-state index in [4.69, 9.17) is 5.73 Å². The molecule has 2 N–H and O–H groups in total. The summed E-state index contributed by atoms with van der Waals surface area (Å²) in [7, 11) is 1.91. The first-order chi connectivity index (χ1) is 14.0. The number of benzene rings is 2. The molecule has 0 saturated heterocycles. The number of nitrogen functional groups attached to an aromatic ring is 1. The van der Waals surface area contributed by atoms with Gasteiger partial charge in [0.15, 0.2) is 0 Å². The summed E-state index contributed by atoms with van der Waals surface area (Å²) >= 11 is 0. The van der Waals surface area contributed by atoms with Gasteiger partial charge in [-0.3, -0.25) is 4.68 Å². The normalized spacial score (nSPS) is 11.6. The van der Waals surface area contributed by atoms with E-state index in [1.165, 1.54) is 18.5 Å². The van der Waals surface area contributed by atoms with Gasteiger partial charge in [0.1, 0.15) is 29.4 Å². The Bertz CT molecular complexity index is 1360. The third kappa shape index (κ3) is 2.98. The number of aromatic nitrogens is 5. The van der Waals surface area contributed by atoms with Crippen molar-refractivity contribution >= 4 is 27.8 Å². The molecule has 0 amide bonds. The average Bonchev–Trinajstić information content (AvgIpc) is 3.21. The van der Waals surface area contributed by atoms with Gasteiger partial charge in [0, 0.05) is 36.5 Å². The summed E-state index contributed by atoms with van der Waals surface area (Å²) in [6, 6.07) is 9.34. The van der Waals surface area contributed by atoms with Crippen LogP contribution in [-0.2, 0) is 13.6 Å². The minimum Gasteiger partial charge on any atom is -0.383 e. The lowest BCUT2D eigenvalue weighted by Crippen LogP contribution is -2.01. The maximum atomic E-state index is 13.4. The molecular formula is C21H16F2N6. The summed E-state index contributed by atoms with van der Waals surface area (Å²) in [6.07, 6.45) is 5.27.